The molecule has 0 aromatic carbocycles. The van der Waals surface area contributed by atoms with E-state index in [4.69, 9.17) is 6.58 Å². The Balaban J connectivity index is 1.69. The van der Waals surface area contributed by atoms with Crippen LogP contribution in [0.5, 0.6) is 0 Å². The number of fused-ring (bicyclic) bond motifs is 5. The average Bonchev–Trinajstić information content (AvgIpc) is 2.94. The lowest BCUT2D eigenvalue weighted by molar-refractivity contribution is -0.243. The SMILES string of the molecule is C=C(CCC=C(C)C)[C@]1(C)CC[C@]2(C)[C@]1(C)CC[C@@H]1[C@@]3(C)CC[C@H](O)C(C)(C)[C@@H]3CC[C@]12C. The second kappa shape index (κ2) is 7.72. The van der Waals surface area contributed by atoms with E-state index in [0.717, 1.165) is 25.2 Å². The van der Waals surface area contributed by atoms with Crippen molar-refractivity contribution in [3.63, 3.8) is 0 Å². The van der Waals surface area contributed by atoms with Crippen molar-refractivity contribution in [1.82, 2.24) is 0 Å². The smallest absolute Gasteiger partial charge is 0.0594 e. The lowest BCUT2D eigenvalue weighted by Gasteiger charge is -2.72. The largest absolute Gasteiger partial charge is 0.393 e. The van der Waals surface area contributed by atoms with Crippen molar-refractivity contribution in [3.8, 4) is 0 Å². The van der Waals surface area contributed by atoms with Crippen molar-refractivity contribution in [1.29, 1.82) is 0 Å². The second-order valence-electron chi connectivity index (χ2n) is 14.9. The summed E-state index contributed by atoms with van der Waals surface area (Å²) < 4.78 is 0. The molecule has 0 heterocycles. The van der Waals surface area contributed by atoms with Crippen molar-refractivity contribution < 1.29 is 5.11 Å². The Morgan fingerprint density at radius 2 is 1.45 bits per heavy atom. The zero-order valence-corrected chi connectivity index (χ0v) is 23.5. The summed E-state index contributed by atoms with van der Waals surface area (Å²) in [7, 11) is 0. The minimum absolute atomic E-state index is 0.0411. The molecule has 1 N–H and O–H groups in total. The topological polar surface area (TPSA) is 20.2 Å². The summed E-state index contributed by atoms with van der Waals surface area (Å²) in [6.45, 7) is 27.2. The minimum Gasteiger partial charge on any atom is -0.393 e. The fourth-order valence-electron chi connectivity index (χ4n) is 10.8. The summed E-state index contributed by atoms with van der Waals surface area (Å²) in [5, 5.41) is 10.9. The van der Waals surface area contributed by atoms with E-state index in [1.54, 1.807) is 0 Å². The van der Waals surface area contributed by atoms with Crippen LogP contribution < -0.4 is 0 Å². The van der Waals surface area contributed by atoms with Crippen LogP contribution in [0.1, 0.15) is 127 Å². The van der Waals surface area contributed by atoms with Gasteiger partial charge in [0.1, 0.15) is 0 Å². The van der Waals surface area contributed by atoms with Gasteiger partial charge in [-0.15, -0.1) is 0 Å². The highest BCUT2D eigenvalue weighted by atomic mass is 16.3. The number of aliphatic hydroxyl groups excluding tert-OH is 1. The van der Waals surface area contributed by atoms with Crippen LogP contribution in [0.4, 0.5) is 0 Å². The van der Waals surface area contributed by atoms with E-state index in [0.29, 0.717) is 27.6 Å². The Morgan fingerprint density at radius 3 is 2.09 bits per heavy atom. The molecule has 4 rings (SSSR count). The van der Waals surface area contributed by atoms with Gasteiger partial charge in [0.25, 0.3) is 0 Å². The highest BCUT2D eigenvalue weighted by Crippen LogP contribution is 2.81. The first-order valence-electron chi connectivity index (χ1n) is 14.1. The standard InChI is InChI=1S/C32H54O/c1-22(2)12-11-13-23(3)29(7)20-21-32(10)30(8)18-14-24-27(4,5)26(33)16-17-28(24,6)25(30)15-19-31(29,32)9/h12,24-26,33H,3,11,13-21H2,1-2,4-10H3/t24-,25+,26-,28-,29-,30+,31+,32-/m0/s1. The predicted octanol–water partition coefficient (Wildman–Crippen LogP) is 9.12. The van der Waals surface area contributed by atoms with Gasteiger partial charge in [-0.05, 0) is 122 Å². The lowest BCUT2D eigenvalue weighted by atomic mass is 9.32. The summed E-state index contributed by atoms with van der Waals surface area (Å²) in [5.74, 6) is 1.42. The molecule has 4 saturated carbocycles. The monoisotopic (exact) mass is 454 g/mol. The molecule has 0 aromatic rings. The Morgan fingerprint density at radius 1 is 0.818 bits per heavy atom. The molecule has 4 fully saturated rings. The van der Waals surface area contributed by atoms with Crippen molar-refractivity contribution in [2.75, 3.05) is 0 Å². The number of rotatable bonds is 4. The van der Waals surface area contributed by atoms with Crippen LogP contribution in [0.3, 0.4) is 0 Å². The third-order valence-electron chi connectivity index (χ3n) is 13.6. The first-order chi connectivity index (χ1) is 15.1. The maximum Gasteiger partial charge on any atom is 0.0594 e. The van der Waals surface area contributed by atoms with E-state index < -0.39 is 0 Å². The maximum atomic E-state index is 10.9. The van der Waals surface area contributed by atoms with Gasteiger partial charge in [-0.1, -0.05) is 72.3 Å². The van der Waals surface area contributed by atoms with E-state index in [1.807, 2.05) is 0 Å². The van der Waals surface area contributed by atoms with Gasteiger partial charge in [-0.3, -0.25) is 0 Å². The third-order valence-corrected chi connectivity index (χ3v) is 13.6. The van der Waals surface area contributed by atoms with E-state index in [1.165, 1.54) is 56.1 Å². The minimum atomic E-state index is -0.136. The third kappa shape index (κ3) is 3.12. The molecule has 0 spiro atoms. The van der Waals surface area contributed by atoms with Gasteiger partial charge in [0.2, 0.25) is 0 Å². The maximum absolute atomic E-state index is 10.9. The van der Waals surface area contributed by atoms with Crippen LogP contribution in [0.25, 0.3) is 0 Å². The summed E-state index contributed by atoms with van der Waals surface area (Å²) in [5.41, 5.74) is 4.63. The highest BCUT2D eigenvalue weighted by Gasteiger charge is 2.74. The molecule has 1 nitrogen and oxygen atoms in total. The summed E-state index contributed by atoms with van der Waals surface area (Å²) in [4.78, 5) is 0. The molecule has 4 aliphatic rings. The summed E-state index contributed by atoms with van der Waals surface area (Å²) >= 11 is 0. The van der Waals surface area contributed by atoms with Crippen molar-refractivity contribution >= 4 is 0 Å². The van der Waals surface area contributed by atoms with E-state index in [-0.39, 0.29) is 16.9 Å². The van der Waals surface area contributed by atoms with Crippen LogP contribution in [0.2, 0.25) is 0 Å². The van der Waals surface area contributed by atoms with Crippen LogP contribution in [-0.4, -0.2) is 11.2 Å². The van der Waals surface area contributed by atoms with Gasteiger partial charge < -0.3 is 5.11 Å². The summed E-state index contributed by atoms with van der Waals surface area (Å²) in [6, 6.07) is 0. The van der Waals surface area contributed by atoms with Crippen molar-refractivity contribution in [2.45, 2.75) is 133 Å². The van der Waals surface area contributed by atoms with E-state index >= 15 is 0 Å². The fourth-order valence-corrected chi connectivity index (χ4v) is 10.8. The quantitative estimate of drug-likeness (QED) is 0.420. The number of hydrogen-bond donors (Lipinski definition) is 1. The van der Waals surface area contributed by atoms with Gasteiger partial charge >= 0.3 is 0 Å². The van der Waals surface area contributed by atoms with E-state index in [2.05, 4.69) is 68.4 Å². The normalized spacial score (nSPS) is 50.7. The molecule has 0 saturated heterocycles. The van der Waals surface area contributed by atoms with E-state index in [9.17, 15) is 5.11 Å². The average molecular weight is 455 g/mol. The fraction of sp³-hybridized carbons (Fsp3) is 0.875. The van der Waals surface area contributed by atoms with Crippen LogP contribution in [0.15, 0.2) is 23.8 Å². The molecule has 188 valence electrons. The number of hydrogen-bond acceptors (Lipinski definition) is 1. The second-order valence-corrected chi connectivity index (χ2v) is 14.9. The molecule has 0 amide bonds. The molecule has 1 heteroatoms. The summed E-state index contributed by atoms with van der Waals surface area (Å²) in [6.07, 6.45) is 14.7. The first kappa shape index (κ1) is 25.5. The zero-order chi connectivity index (χ0) is 24.7. The van der Waals surface area contributed by atoms with Gasteiger partial charge in [0.15, 0.2) is 0 Å². The Bertz CT molecular complexity index is 831. The van der Waals surface area contributed by atoms with Gasteiger partial charge in [-0.25, -0.2) is 0 Å². The molecule has 8 atom stereocenters. The molecule has 4 aliphatic carbocycles. The first-order valence-corrected chi connectivity index (χ1v) is 14.1. The lowest BCUT2D eigenvalue weighted by Crippen LogP contribution is -2.66. The van der Waals surface area contributed by atoms with Crippen LogP contribution in [0, 0.1) is 44.3 Å². The van der Waals surface area contributed by atoms with Crippen molar-refractivity contribution in [2.24, 2.45) is 44.3 Å². The molecular weight excluding hydrogens is 400 g/mol. The predicted molar refractivity (Wildman–Crippen MR) is 142 cm³/mol. The van der Waals surface area contributed by atoms with Crippen molar-refractivity contribution in [3.05, 3.63) is 23.8 Å². The van der Waals surface area contributed by atoms with Crippen LogP contribution >= 0.6 is 0 Å². The number of aliphatic hydroxyl groups is 1. The molecule has 33 heavy (non-hydrogen) atoms. The Hall–Kier alpha value is -0.560. The molecule has 0 unspecified atom stereocenters. The molecule has 0 aliphatic heterocycles. The van der Waals surface area contributed by atoms with Gasteiger partial charge in [0, 0.05) is 0 Å². The molecule has 0 bridgehead atoms. The van der Waals surface area contributed by atoms with Gasteiger partial charge in [0.05, 0.1) is 6.10 Å². The number of allylic oxidation sites excluding steroid dienone is 3. The zero-order valence-electron chi connectivity index (χ0n) is 23.5. The molecule has 0 radical (unpaired) electrons. The Kier molecular flexibility index (Phi) is 5.97. The molecule has 0 aromatic heterocycles. The highest BCUT2D eigenvalue weighted by molar-refractivity contribution is 5.28. The van der Waals surface area contributed by atoms with Gasteiger partial charge in [-0.2, -0.15) is 0 Å². The Labute approximate surface area is 205 Å². The van der Waals surface area contributed by atoms with Crippen LogP contribution in [-0.2, 0) is 0 Å². The molecular formula is C32H54O.